The molecular weight excluding hydrogens is 310 g/mol. The van der Waals surface area contributed by atoms with E-state index in [0.717, 1.165) is 15.7 Å². The Morgan fingerprint density at radius 3 is 2.53 bits per heavy atom. The number of phenols is 1. The van der Waals surface area contributed by atoms with E-state index in [-0.39, 0.29) is 5.75 Å². The third kappa shape index (κ3) is 3.02. The summed E-state index contributed by atoms with van der Waals surface area (Å²) in [5, 5.41) is 12.3. The number of halogens is 1. The molecule has 2 rings (SSSR count). The number of phenolic OH excluding ortho intramolecular Hbond substituents is 1. The van der Waals surface area contributed by atoms with E-state index in [1.165, 1.54) is 0 Å². The normalized spacial score (nSPS) is 10.5. The van der Waals surface area contributed by atoms with E-state index in [1.54, 1.807) is 38.4 Å². The summed E-state index contributed by atoms with van der Waals surface area (Å²) in [7, 11) is 3.41. The zero-order chi connectivity index (χ0) is 13.8. The van der Waals surface area contributed by atoms with Crippen molar-refractivity contribution in [1.82, 2.24) is 9.97 Å². The molecule has 0 saturated heterocycles. The van der Waals surface area contributed by atoms with Gasteiger partial charge in [0.1, 0.15) is 11.6 Å². The van der Waals surface area contributed by atoms with E-state index in [9.17, 15) is 5.11 Å². The fourth-order valence-electron chi connectivity index (χ4n) is 1.63. The molecule has 1 aromatic carbocycles. The van der Waals surface area contributed by atoms with Crippen molar-refractivity contribution in [2.75, 3.05) is 19.5 Å². The van der Waals surface area contributed by atoms with Crippen LogP contribution in [0.4, 0.5) is 5.82 Å². The lowest BCUT2D eigenvalue weighted by Gasteiger charge is -2.10. The second kappa shape index (κ2) is 5.99. The van der Waals surface area contributed by atoms with Crippen molar-refractivity contribution in [1.29, 1.82) is 0 Å². The molecule has 0 amide bonds. The second-order valence-corrected chi connectivity index (χ2v) is 4.68. The third-order valence-electron chi connectivity index (χ3n) is 2.56. The summed E-state index contributed by atoms with van der Waals surface area (Å²) in [6, 6.07) is 6.76. The van der Waals surface area contributed by atoms with Crippen LogP contribution in [0.2, 0.25) is 0 Å². The predicted molar refractivity (Wildman–Crippen MR) is 77.1 cm³/mol. The Morgan fingerprint density at radius 1 is 1.26 bits per heavy atom. The Bertz CT molecular complexity index is 573. The smallest absolute Gasteiger partial charge is 0.161 e. The summed E-state index contributed by atoms with van der Waals surface area (Å²) in [5.41, 5.74) is 1.60. The largest absolute Gasteiger partial charge is 0.508 e. The van der Waals surface area contributed by atoms with E-state index in [1.807, 2.05) is 0 Å². The number of rotatable bonds is 4. The summed E-state index contributed by atoms with van der Waals surface area (Å²) in [5.74, 6) is 1.50. The molecule has 0 aliphatic rings. The molecule has 0 aliphatic carbocycles. The number of benzene rings is 1. The summed E-state index contributed by atoms with van der Waals surface area (Å²) >= 11 is 3.45. The van der Waals surface area contributed by atoms with Crippen LogP contribution in [0.15, 0.2) is 28.7 Å². The number of anilines is 1. The third-order valence-corrected chi connectivity index (χ3v) is 3.40. The first kappa shape index (κ1) is 13.8. The molecule has 0 bridgehead atoms. The van der Waals surface area contributed by atoms with Crippen LogP contribution in [-0.4, -0.2) is 29.2 Å². The van der Waals surface area contributed by atoms with Crippen molar-refractivity contribution in [2.24, 2.45) is 0 Å². The van der Waals surface area contributed by atoms with Gasteiger partial charge in [-0.3, -0.25) is 0 Å². The average Bonchev–Trinajstić information content (AvgIpc) is 2.42. The van der Waals surface area contributed by atoms with Crippen LogP contribution in [0.3, 0.4) is 0 Å². The molecule has 0 atom stereocenters. The van der Waals surface area contributed by atoms with Gasteiger partial charge in [-0.1, -0.05) is 0 Å². The molecule has 0 fully saturated rings. The van der Waals surface area contributed by atoms with Gasteiger partial charge in [-0.15, -0.1) is 0 Å². The lowest BCUT2D eigenvalue weighted by Crippen LogP contribution is -2.04. The maximum absolute atomic E-state index is 9.31. The number of aromatic nitrogens is 2. The molecule has 0 saturated carbocycles. The Kier molecular flexibility index (Phi) is 4.34. The van der Waals surface area contributed by atoms with Crippen molar-refractivity contribution in [3.8, 4) is 17.1 Å². The number of hydrogen-bond acceptors (Lipinski definition) is 5. The van der Waals surface area contributed by atoms with Crippen LogP contribution in [0.25, 0.3) is 11.4 Å². The number of methoxy groups -OCH3 is 1. The monoisotopic (exact) mass is 323 g/mol. The lowest BCUT2D eigenvalue weighted by molar-refractivity contribution is 0.181. The number of aromatic hydroxyl groups is 1. The van der Waals surface area contributed by atoms with Gasteiger partial charge in [0.2, 0.25) is 0 Å². The number of hydrogen-bond donors (Lipinski definition) is 2. The van der Waals surface area contributed by atoms with E-state index in [2.05, 4.69) is 31.2 Å². The van der Waals surface area contributed by atoms with Crippen molar-refractivity contribution >= 4 is 21.7 Å². The highest BCUT2D eigenvalue weighted by Crippen LogP contribution is 2.28. The first-order valence-corrected chi connectivity index (χ1v) is 6.47. The van der Waals surface area contributed by atoms with Crippen molar-refractivity contribution < 1.29 is 9.84 Å². The molecule has 100 valence electrons. The van der Waals surface area contributed by atoms with Crippen LogP contribution in [0, 0.1) is 0 Å². The topological polar surface area (TPSA) is 67.3 Å². The van der Waals surface area contributed by atoms with E-state index < -0.39 is 0 Å². The molecule has 6 heteroatoms. The number of nitrogens with one attached hydrogen (secondary N) is 1. The maximum atomic E-state index is 9.31. The minimum atomic E-state index is 0.215. The van der Waals surface area contributed by atoms with Crippen LogP contribution in [-0.2, 0) is 11.3 Å². The van der Waals surface area contributed by atoms with Crippen molar-refractivity contribution in [3.63, 3.8) is 0 Å². The molecule has 19 heavy (non-hydrogen) atoms. The lowest BCUT2D eigenvalue weighted by atomic mass is 10.2. The van der Waals surface area contributed by atoms with E-state index in [4.69, 9.17) is 4.74 Å². The number of ether oxygens (including phenoxy) is 1. The van der Waals surface area contributed by atoms with Gasteiger partial charge in [0, 0.05) is 19.7 Å². The molecule has 5 nitrogen and oxygen atoms in total. The van der Waals surface area contributed by atoms with E-state index >= 15 is 0 Å². The molecule has 0 aliphatic heterocycles. The quantitative estimate of drug-likeness (QED) is 0.905. The summed E-state index contributed by atoms with van der Waals surface area (Å²) in [6.07, 6.45) is 0. The Labute approximate surface area is 119 Å². The van der Waals surface area contributed by atoms with Crippen LogP contribution in [0.5, 0.6) is 5.75 Å². The van der Waals surface area contributed by atoms with Gasteiger partial charge in [-0.05, 0) is 40.2 Å². The molecule has 1 aromatic heterocycles. The molecule has 1 heterocycles. The summed E-state index contributed by atoms with van der Waals surface area (Å²) in [6.45, 7) is 0.392. The molecule has 0 radical (unpaired) electrons. The first-order chi connectivity index (χ1) is 9.15. The van der Waals surface area contributed by atoms with Gasteiger partial charge in [0.25, 0.3) is 0 Å². The molecule has 2 N–H and O–H groups in total. The fourth-order valence-corrected chi connectivity index (χ4v) is 2.12. The first-order valence-electron chi connectivity index (χ1n) is 5.68. The highest BCUT2D eigenvalue weighted by molar-refractivity contribution is 9.10. The van der Waals surface area contributed by atoms with Gasteiger partial charge >= 0.3 is 0 Å². The fraction of sp³-hybridized carbons (Fsp3) is 0.231. The standard InChI is InChI=1S/C13H14BrN3O2/c1-15-13-11(14)10(7-19-2)16-12(17-13)8-3-5-9(18)6-4-8/h3-6,18H,7H2,1-2H3,(H,15,16,17). The van der Waals surface area contributed by atoms with E-state index in [0.29, 0.717) is 18.2 Å². The van der Waals surface area contributed by atoms with Crippen LogP contribution < -0.4 is 5.32 Å². The SMILES string of the molecule is CNc1nc(-c2ccc(O)cc2)nc(COC)c1Br. The minimum Gasteiger partial charge on any atom is -0.508 e. The van der Waals surface area contributed by atoms with Gasteiger partial charge in [-0.2, -0.15) is 0 Å². The minimum absolute atomic E-state index is 0.215. The van der Waals surface area contributed by atoms with Gasteiger partial charge in [0.15, 0.2) is 5.82 Å². The highest BCUT2D eigenvalue weighted by atomic mass is 79.9. The molecular formula is C13H14BrN3O2. The summed E-state index contributed by atoms with van der Waals surface area (Å²) < 4.78 is 5.92. The van der Waals surface area contributed by atoms with Crippen LogP contribution in [0.1, 0.15) is 5.69 Å². The Morgan fingerprint density at radius 2 is 1.95 bits per heavy atom. The second-order valence-electron chi connectivity index (χ2n) is 3.89. The summed E-state index contributed by atoms with van der Waals surface area (Å²) in [4.78, 5) is 8.89. The van der Waals surface area contributed by atoms with Gasteiger partial charge < -0.3 is 15.2 Å². The Hall–Kier alpha value is -1.66. The highest BCUT2D eigenvalue weighted by Gasteiger charge is 2.12. The maximum Gasteiger partial charge on any atom is 0.161 e. The predicted octanol–water partition coefficient (Wildman–Crippen LogP) is 2.80. The Balaban J connectivity index is 2.51. The zero-order valence-electron chi connectivity index (χ0n) is 10.6. The van der Waals surface area contributed by atoms with Crippen molar-refractivity contribution in [2.45, 2.75) is 6.61 Å². The molecule has 2 aromatic rings. The molecule has 0 spiro atoms. The van der Waals surface area contributed by atoms with Gasteiger partial charge in [0.05, 0.1) is 16.8 Å². The van der Waals surface area contributed by atoms with Gasteiger partial charge in [-0.25, -0.2) is 9.97 Å². The number of nitrogens with zero attached hydrogens (tertiary/aromatic N) is 2. The van der Waals surface area contributed by atoms with Crippen LogP contribution >= 0.6 is 15.9 Å². The molecule has 0 unspecified atom stereocenters. The van der Waals surface area contributed by atoms with Crippen molar-refractivity contribution in [3.05, 3.63) is 34.4 Å². The average molecular weight is 324 g/mol. The zero-order valence-corrected chi connectivity index (χ0v) is 12.2.